The number of benzene rings is 2. The van der Waals surface area contributed by atoms with Gasteiger partial charge in [-0.3, -0.25) is 9.59 Å². The highest BCUT2D eigenvalue weighted by molar-refractivity contribution is 5.88. The monoisotopic (exact) mass is 354 g/mol. The molecule has 2 rings (SSSR count). The van der Waals surface area contributed by atoms with Crippen molar-refractivity contribution in [2.24, 2.45) is 0 Å². The van der Waals surface area contributed by atoms with E-state index in [0.29, 0.717) is 18.7 Å². The molecule has 0 aliphatic rings. The van der Waals surface area contributed by atoms with Gasteiger partial charge in [0.2, 0.25) is 5.91 Å². The van der Waals surface area contributed by atoms with Crippen LogP contribution in [0.25, 0.3) is 0 Å². The number of ether oxygens (including phenoxy) is 1. The summed E-state index contributed by atoms with van der Waals surface area (Å²) in [6, 6.07) is 16.7. The number of nitrogens with one attached hydrogen (secondary N) is 1. The van der Waals surface area contributed by atoms with E-state index < -0.39 is 6.04 Å². The molecule has 138 valence electrons. The van der Waals surface area contributed by atoms with Crippen LogP contribution >= 0.6 is 0 Å². The van der Waals surface area contributed by atoms with E-state index in [1.165, 1.54) is 0 Å². The second-order valence-electron chi connectivity index (χ2n) is 6.10. The lowest BCUT2D eigenvalue weighted by atomic mass is 10.1. The van der Waals surface area contributed by atoms with Gasteiger partial charge >= 0.3 is 0 Å². The third kappa shape index (κ3) is 5.09. The molecular weight excluding hydrogens is 328 g/mol. The van der Waals surface area contributed by atoms with E-state index in [-0.39, 0.29) is 18.4 Å². The molecule has 0 radical (unpaired) electrons. The molecule has 5 heteroatoms. The molecule has 26 heavy (non-hydrogen) atoms. The largest absolute Gasteiger partial charge is 0.484 e. The Kier molecular flexibility index (Phi) is 7.21. The minimum atomic E-state index is -0.534. The molecule has 5 nitrogen and oxygen atoms in total. The highest BCUT2D eigenvalue weighted by Gasteiger charge is 2.28. The molecule has 0 aromatic heterocycles. The van der Waals surface area contributed by atoms with Gasteiger partial charge in [-0.25, -0.2) is 0 Å². The maximum absolute atomic E-state index is 12.9. The number of carbonyl (C=O) groups is 2. The molecule has 1 N–H and O–H groups in total. The molecule has 2 aromatic carbocycles. The molecule has 0 unspecified atom stereocenters. The van der Waals surface area contributed by atoms with Crippen LogP contribution in [-0.4, -0.2) is 36.4 Å². The summed E-state index contributed by atoms with van der Waals surface area (Å²) in [5.41, 5.74) is 1.94. The third-order valence-corrected chi connectivity index (χ3v) is 4.27. The zero-order valence-electron chi connectivity index (χ0n) is 15.6. The van der Waals surface area contributed by atoms with Gasteiger partial charge < -0.3 is 15.0 Å². The summed E-state index contributed by atoms with van der Waals surface area (Å²) in [7, 11) is 1.58. The predicted octanol–water partition coefficient (Wildman–Crippen LogP) is 2.93. The Balaban J connectivity index is 2.17. The van der Waals surface area contributed by atoms with E-state index in [9.17, 15) is 9.59 Å². The lowest BCUT2D eigenvalue weighted by molar-refractivity contribution is -0.142. The van der Waals surface area contributed by atoms with Crippen LogP contribution in [0.3, 0.4) is 0 Å². The Morgan fingerprint density at radius 1 is 1.08 bits per heavy atom. The summed E-state index contributed by atoms with van der Waals surface area (Å²) in [5, 5.41) is 2.65. The minimum absolute atomic E-state index is 0.106. The van der Waals surface area contributed by atoms with E-state index in [2.05, 4.69) is 5.32 Å². The summed E-state index contributed by atoms with van der Waals surface area (Å²) in [4.78, 5) is 26.7. The van der Waals surface area contributed by atoms with Crippen LogP contribution in [-0.2, 0) is 16.1 Å². The van der Waals surface area contributed by atoms with Gasteiger partial charge in [-0.05, 0) is 30.5 Å². The Morgan fingerprint density at radius 3 is 2.35 bits per heavy atom. The summed E-state index contributed by atoms with van der Waals surface area (Å²) < 4.78 is 5.70. The van der Waals surface area contributed by atoms with Gasteiger partial charge in [-0.15, -0.1) is 0 Å². The van der Waals surface area contributed by atoms with Gasteiger partial charge in [0.15, 0.2) is 6.61 Å². The molecule has 1 atom stereocenters. The second kappa shape index (κ2) is 9.61. The number of amides is 2. The standard InChI is InChI=1S/C21H26N2O3/c1-4-18(21(25)22-3)23(14-17-11-6-5-7-12-17)20(24)15-26-19-13-9-8-10-16(19)2/h5-13,18H,4,14-15H2,1-3H3,(H,22,25)/t18-/m1/s1. The Hall–Kier alpha value is -2.82. The summed E-state index contributed by atoms with van der Waals surface area (Å²) in [5.74, 6) is 0.286. The maximum atomic E-state index is 12.9. The predicted molar refractivity (Wildman–Crippen MR) is 102 cm³/mol. The van der Waals surface area contributed by atoms with Gasteiger partial charge in [0.05, 0.1) is 0 Å². The van der Waals surface area contributed by atoms with Crippen LogP contribution in [0.4, 0.5) is 0 Å². The normalized spacial score (nSPS) is 11.5. The van der Waals surface area contributed by atoms with E-state index in [1.54, 1.807) is 11.9 Å². The van der Waals surface area contributed by atoms with Crippen LogP contribution in [0.15, 0.2) is 54.6 Å². The molecule has 0 heterocycles. The van der Waals surface area contributed by atoms with Crippen LogP contribution in [0.5, 0.6) is 5.75 Å². The van der Waals surface area contributed by atoms with Crippen LogP contribution in [0, 0.1) is 6.92 Å². The van der Waals surface area contributed by atoms with Crippen molar-refractivity contribution in [3.05, 3.63) is 65.7 Å². The fraction of sp³-hybridized carbons (Fsp3) is 0.333. The average molecular weight is 354 g/mol. The maximum Gasteiger partial charge on any atom is 0.261 e. The van der Waals surface area contributed by atoms with Crippen molar-refractivity contribution in [1.29, 1.82) is 0 Å². The number of carbonyl (C=O) groups excluding carboxylic acids is 2. The number of nitrogens with zero attached hydrogens (tertiary/aromatic N) is 1. The van der Waals surface area contributed by atoms with Crippen LogP contribution < -0.4 is 10.1 Å². The molecular formula is C21H26N2O3. The first-order valence-corrected chi connectivity index (χ1v) is 8.80. The molecule has 0 spiro atoms. The van der Waals surface area contributed by atoms with Crippen molar-refractivity contribution in [2.75, 3.05) is 13.7 Å². The average Bonchev–Trinajstić information content (AvgIpc) is 2.67. The summed E-state index contributed by atoms with van der Waals surface area (Å²) in [6.45, 7) is 4.09. The first kappa shape index (κ1) is 19.5. The number of para-hydroxylation sites is 1. The first-order chi connectivity index (χ1) is 12.6. The Bertz CT molecular complexity index is 731. The first-order valence-electron chi connectivity index (χ1n) is 8.80. The molecule has 0 saturated heterocycles. The van der Waals surface area contributed by atoms with Crippen molar-refractivity contribution < 1.29 is 14.3 Å². The molecule has 2 amide bonds. The van der Waals surface area contributed by atoms with Crippen molar-refractivity contribution in [1.82, 2.24) is 10.2 Å². The molecule has 0 aliphatic heterocycles. The Morgan fingerprint density at radius 2 is 1.73 bits per heavy atom. The lowest BCUT2D eigenvalue weighted by Crippen LogP contribution is -2.49. The second-order valence-corrected chi connectivity index (χ2v) is 6.10. The van der Waals surface area contributed by atoms with Gasteiger partial charge in [-0.1, -0.05) is 55.5 Å². The van der Waals surface area contributed by atoms with Crippen LogP contribution in [0.2, 0.25) is 0 Å². The number of aryl methyl sites for hydroxylation is 1. The van der Waals surface area contributed by atoms with Gasteiger partial charge in [-0.2, -0.15) is 0 Å². The third-order valence-electron chi connectivity index (χ3n) is 4.27. The van der Waals surface area contributed by atoms with E-state index in [0.717, 1.165) is 11.1 Å². The van der Waals surface area contributed by atoms with Crippen molar-refractivity contribution in [3.63, 3.8) is 0 Å². The van der Waals surface area contributed by atoms with E-state index in [4.69, 9.17) is 4.74 Å². The van der Waals surface area contributed by atoms with Gasteiger partial charge in [0.25, 0.3) is 5.91 Å². The SMILES string of the molecule is CC[C@H](C(=O)NC)N(Cc1ccccc1)C(=O)COc1ccccc1C. The number of rotatable bonds is 8. The molecule has 0 fully saturated rings. The number of likely N-dealkylation sites (N-methyl/N-ethyl adjacent to an activating group) is 1. The summed E-state index contributed by atoms with van der Waals surface area (Å²) >= 11 is 0. The quantitative estimate of drug-likeness (QED) is 0.793. The highest BCUT2D eigenvalue weighted by atomic mass is 16.5. The fourth-order valence-corrected chi connectivity index (χ4v) is 2.81. The number of hydrogen-bond donors (Lipinski definition) is 1. The lowest BCUT2D eigenvalue weighted by Gasteiger charge is -2.30. The van der Waals surface area contributed by atoms with Crippen molar-refractivity contribution in [3.8, 4) is 5.75 Å². The smallest absolute Gasteiger partial charge is 0.261 e. The van der Waals surface area contributed by atoms with Gasteiger partial charge in [0.1, 0.15) is 11.8 Å². The van der Waals surface area contributed by atoms with Gasteiger partial charge in [0, 0.05) is 13.6 Å². The van der Waals surface area contributed by atoms with Crippen molar-refractivity contribution in [2.45, 2.75) is 32.9 Å². The fourth-order valence-electron chi connectivity index (χ4n) is 2.81. The molecule has 0 saturated carbocycles. The minimum Gasteiger partial charge on any atom is -0.484 e. The molecule has 0 aliphatic carbocycles. The summed E-state index contributed by atoms with van der Waals surface area (Å²) in [6.07, 6.45) is 0.530. The zero-order valence-corrected chi connectivity index (χ0v) is 15.6. The highest BCUT2D eigenvalue weighted by Crippen LogP contribution is 2.17. The van der Waals surface area contributed by atoms with E-state index in [1.807, 2.05) is 68.4 Å². The van der Waals surface area contributed by atoms with Crippen molar-refractivity contribution >= 4 is 11.8 Å². The molecule has 0 bridgehead atoms. The molecule has 2 aromatic rings. The van der Waals surface area contributed by atoms with Crippen LogP contribution in [0.1, 0.15) is 24.5 Å². The zero-order chi connectivity index (χ0) is 18.9. The topological polar surface area (TPSA) is 58.6 Å². The number of hydrogen-bond acceptors (Lipinski definition) is 3. The Labute approximate surface area is 155 Å². The van der Waals surface area contributed by atoms with E-state index >= 15 is 0 Å².